The first-order chi connectivity index (χ1) is 16.5. The lowest BCUT2D eigenvalue weighted by Crippen LogP contribution is -2.24. The number of hydrogen-bond donors (Lipinski definition) is 2. The third-order valence-electron chi connectivity index (χ3n) is 7.63. The molecule has 1 saturated carbocycles. The Hall–Kier alpha value is -2.99. The molecule has 6 nitrogen and oxygen atoms in total. The van der Waals surface area contributed by atoms with E-state index in [-0.39, 0.29) is 5.92 Å². The van der Waals surface area contributed by atoms with Crippen LogP contribution in [0.15, 0.2) is 30.3 Å². The van der Waals surface area contributed by atoms with Gasteiger partial charge < -0.3 is 24.9 Å². The molecule has 0 bridgehead atoms. The molecule has 5 rings (SSSR count). The fraction of sp³-hybridized carbons (Fsp3) is 0.464. The van der Waals surface area contributed by atoms with Crippen LogP contribution in [0.2, 0.25) is 0 Å². The lowest BCUT2D eigenvalue weighted by Gasteiger charge is -2.29. The van der Waals surface area contributed by atoms with E-state index in [1.54, 1.807) is 13.2 Å². The van der Waals surface area contributed by atoms with Crippen molar-refractivity contribution in [1.82, 2.24) is 4.57 Å². The smallest absolute Gasteiger partial charge is 0.335 e. The number of methoxy groups -OCH3 is 1. The molecule has 2 aliphatic rings. The Bertz CT molecular complexity index is 1220. The zero-order valence-corrected chi connectivity index (χ0v) is 20.1. The van der Waals surface area contributed by atoms with Crippen molar-refractivity contribution in [1.29, 1.82) is 0 Å². The SMILES string of the molecule is COc1ccc(C)c2c1OC[C@H](CCN)Cn1c-2c(C2CCCCC2)c2ccc(C(=O)O)cc21. The maximum atomic E-state index is 11.9. The molecule has 1 aliphatic heterocycles. The Balaban J connectivity index is 1.88. The maximum absolute atomic E-state index is 11.9. The molecule has 1 aromatic heterocycles. The van der Waals surface area contributed by atoms with Gasteiger partial charge in [0.1, 0.15) is 0 Å². The van der Waals surface area contributed by atoms with Crippen molar-refractivity contribution in [3.63, 3.8) is 0 Å². The Morgan fingerprint density at radius 2 is 2.00 bits per heavy atom. The first-order valence-electron chi connectivity index (χ1n) is 12.4. The van der Waals surface area contributed by atoms with Crippen LogP contribution >= 0.6 is 0 Å². The number of hydrogen-bond acceptors (Lipinski definition) is 4. The van der Waals surface area contributed by atoms with Crippen LogP contribution < -0.4 is 15.2 Å². The minimum Gasteiger partial charge on any atom is -0.493 e. The van der Waals surface area contributed by atoms with E-state index < -0.39 is 5.97 Å². The predicted octanol–water partition coefficient (Wildman–Crippen LogP) is 5.73. The van der Waals surface area contributed by atoms with Gasteiger partial charge in [-0.25, -0.2) is 4.79 Å². The summed E-state index contributed by atoms with van der Waals surface area (Å²) in [5.41, 5.74) is 12.0. The van der Waals surface area contributed by atoms with Crippen molar-refractivity contribution in [3.8, 4) is 22.8 Å². The normalized spacial score (nSPS) is 18.5. The molecule has 3 N–H and O–H groups in total. The van der Waals surface area contributed by atoms with Crippen molar-refractivity contribution in [2.75, 3.05) is 20.3 Å². The first kappa shape index (κ1) is 22.8. The van der Waals surface area contributed by atoms with Crippen molar-refractivity contribution >= 4 is 16.9 Å². The molecule has 1 aliphatic carbocycles. The van der Waals surface area contributed by atoms with E-state index in [1.807, 2.05) is 18.2 Å². The molecule has 0 saturated heterocycles. The molecule has 0 spiro atoms. The number of carboxylic acids is 1. The summed E-state index contributed by atoms with van der Waals surface area (Å²) >= 11 is 0. The van der Waals surface area contributed by atoms with Crippen LogP contribution in [0, 0.1) is 12.8 Å². The minimum atomic E-state index is -0.900. The van der Waals surface area contributed by atoms with Crippen molar-refractivity contribution in [2.24, 2.45) is 11.7 Å². The third kappa shape index (κ3) is 3.84. The summed E-state index contributed by atoms with van der Waals surface area (Å²) in [5, 5.41) is 10.9. The van der Waals surface area contributed by atoms with Crippen molar-refractivity contribution in [3.05, 3.63) is 47.0 Å². The Morgan fingerprint density at radius 1 is 1.21 bits per heavy atom. The fourth-order valence-corrected chi connectivity index (χ4v) is 5.96. The van der Waals surface area contributed by atoms with Crippen LogP contribution in [0.5, 0.6) is 11.5 Å². The van der Waals surface area contributed by atoms with Gasteiger partial charge in [0.15, 0.2) is 11.5 Å². The summed E-state index contributed by atoms with van der Waals surface area (Å²) in [6.45, 7) is 3.99. The molecule has 2 aromatic carbocycles. The zero-order chi connectivity index (χ0) is 23.8. The molecular formula is C28H34N2O4. The summed E-state index contributed by atoms with van der Waals surface area (Å²) in [7, 11) is 1.68. The van der Waals surface area contributed by atoms with E-state index >= 15 is 0 Å². The van der Waals surface area contributed by atoms with E-state index in [0.717, 1.165) is 65.0 Å². The molecule has 6 heteroatoms. The standard InChI is InChI=1S/C28H34N2O4/c1-17-8-11-23(33-2)27-24(17)26-25(19-6-4-3-5-7-19)21-10-9-20(28(31)32)14-22(21)30(26)15-18(12-13-29)16-34-27/h8-11,14,18-19H,3-7,12-13,15-16,29H2,1-2H3,(H,31,32)/t18-/m1/s1. The lowest BCUT2D eigenvalue weighted by atomic mass is 9.81. The summed E-state index contributed by atoms with van der Waals surface area (Å²) in [5.74, 6) is 1.26. The van der Waals surface area contributed by atoms with Gasteiger partial charge in [0.05, 0.1) is 25.0 Å². The van der Waals surface area contributed by atoms with E-state index in [9.17, 15) is 9.90 Å². The van der Waals surface area contributed by atoms with Gasteiger partial charge in [-0.1, -0.05) is 31.4 Å². The highest BCUT2D eigenvalue weighted by Gasteiger charge is 2.32. The Kier molecular flexibility index (Phi) is 6.26. The van der Waals surface area contributed by atoms with Gasteiger partial charge in [-0.2, -0.15) is 0 Å². The van der Waals surface area contributed by atoms with Crippen LogP contribution in [0.1, 0.15) is 65.9 Å². The van der Waals surface area contributed by atoms with E-state index in [4.69, 9.17) is 15.2 Å². The second-order valence-corrected chi connectivity index (χ2v) is 9.79. The lowest BCUT2D eigenvalue weighted by molar-refractivity contribution is 0.0697. The van der Waals surface area contributed by atoms with Gasteiger partial charge in [-0.15, -0.1) is 0 Å². The second kappa shape index (κ2) is 9.34. The number of carbonyl (C=O) groups is 1. The van der Waals surface area contributed by atoms with Crippen LogP contribution in [0.25, 0.3) is 22.2 Å². The molecule has 0 unspecified atom stereocenters. The maximum Gasteiger partial charge on any atom is 0.335 e. The number of benzene rings is 2. The highest BCUT2D eigenvalue weighted by molar-refractivity contribution is 5.99. The van der Waals surface area contributed by atoms with Crippen LogP contribution in [-0.2, 0) is 6.54 Å². The average Bonchev–Trinajstić information content (AvgIpc) is 3.14. The second-order valence-electron chi connectivity index (χ2n) is 9.79. The van der Waals surface area contributed by atoms with Crippen LogP contribution in [0.4, 0.5) is 0 Å². The van der Waals surface area contributed by atoms with Gasteiger partial charge in [0.25, 0.3) is 0 Å². The fourth-order valence-electron chi connectivity index (χ4n) is 5.96. The third-order valence-corrected chi connectivity index (χ3v) is 7.63. The number of carboxylic acid groups (broad SMARTS) is 1. The quantitative estimate of drug-likeness (QED) is 0.506. The number of ether oxygens (including phenoxy) is 2. The summed E-state index contributed by atoms with van der Waals surface area (Å²) in [6, 6.07) is 9.69. The topological polar surface area (TPSA) is 86.7 Å². The average molecular weight is 463 g/mol. The Labute approximate surface area is 200 Å². The molecule has 1 fully saturated rings. The summed E-state index contributed by atoms with van der Waals surface area (Å²) in [4.78, 5) is 11.9. The van der Waals surface area contributed by atoms with E-state index in [1.165, 1.54) is 24.8 Å². The number of fused-ring (bicyclic) bond motifs is 5. The molecule has 34 heavy (non-hydrogen) atoms. The van der Waals surface area contributed by atoms with Crippen molar-refractivity contribution in [2.45, 2.75) is 57.9 Å². The van der Waals surface area contributed by atoms with Gasteiger partial charge in [0, 0.05) is 28.9 Å². The largest absolute Gasteiger partial charge is 0.493 e. The van der Waals surface area contributed by atoms with E-state index in [2.05, 4.69) is 17.6 Å². The summed E-state index contributed by atoms with van der Waals surface area (Å²) < 4.78 is 14.6. The highest BCUT2D eigenvalue weighted by Crippen LogP contribution is 2.50. The number of rotatable bonds is 5. The number of aromatic carboxylic acids is 1. The molecule has 0 amide bonds. The molecule has 180 valence electrons. The first-order valence-corrected chi connectivity index (χ1v) is 12.4. The number of aryl methyl sites for hydroxylation is 1. The number of aromatic nitrogens is 1. The molecule has 0 radical (unpaired) electrons. The van der Waals surface area contributed by atoms with E-state index in [0.29, 0.717) is 24.6 Å². The minimum absolute atomic E-state index is 0.213. The van der Waals surface area contributed by atoms with Gasteiger partial charge >= 0.3 is 5.97 Å². The molecule has 3 aromatic rings. The summed E-state index contributed by atoms with van der Waals surface area (Å²) in [6.07, 6.45) is 6.86. The molecular weight excluding hydrogens is 428 g/mol. The van der Waals surface area contributed by atoms with Crippen molar-refractivity contribution < 1.29 is 19.4 Å². The van der Waals surface area contributed by atoms with Gasteiger partial charge in [0.2, 0.25) is 0 Å². The van der Waals surface area contributed by atoms with Gasteiger partial charge in [-0.3, -0.25) is 0 Å². The zero-order valence-electron chi connectivity index (χ0n) is 20.1. The molecule has 1 atom stereocenters. The molecule has 2 heterocycles. The monoisotopic (exact) mass is 462 g/mol. The number of nitrogens with two attached hydrogens (primary N) is 1. The van der Waals surface area contributed by atoms with Crippen LogP contribution in [0.3, 0.4) is 0 Å². The predicted molar refractivity (Wildman–Crippen MR) is 134 cm³/mol. The number of nitrogens with zero attached hydrogens (tertiary/aromatic N) is 1. The highest BCUT2D eigenvalue weighted by atomic mass is 16.5. The van der Waals surface area contributed by atoms with Gasteiger partial charge in [-0.05, 0) is 68.0 Å². The Morgan fingerprint density at radius 3 is 2.71 bits per heavy atom. The van der Waals surface area contributed by atoms with Crippen LogP contribution in [-0.4, -0.2) is 35.9 Å².